The molecule has 186 valence electrons. The second kappa shape index (κ2) is 12.9. The Balaban J connectivity index is 2.02. The van der Waals surface area contributed by atoms with Crippen LogP contribution in [-0.4, -0.2) is 29.8 Å². The largest absolute Gasteiger partial charge is 0.370 e. The lowest BCUT2D eigenvalue weighted by atomic mass is 9.84. The van der Waals surface area contributed by atoms with Gasteiger partial charge in [0, 0.05) is 30.3 Å². The maximum absolute atomic E-state index is 11.3. The minimum absolute atomic E-state index is 0.0967. The summed E-state index contributed by atoms with van der Waals surface area (Å²) in [4.78, 5) is 11.3. The average molecular weight is 490 g/mol. The van der Waals surface area contributed by atoms with E-state index in [2.05, 4.69) is 110 Å². The van der Waals surface area contributed by atoms with Gasteiger partial charge in [-0.05, 0) is 36.0 Å². The van der Waals surface area contributed by atoms with Gasteiger partial charge in [-0.15, -0.1) is 11.8 Å². The second-order valence-corrected chi connectivity index (χ2v) is 11.6. The van der Waals surface area contributed by atoms with E-state index < -0.39 is 0 Å². The Morgan fingerprint density at radius 3 is 1.71 bits per heavy atom. The Kier molecular flexibility index (Phi) is 9.96. The quantitative estimate of drug-likeness (QED) is 0.263. The maximum atomic E-state index is 11.3. The van der Waals surface area contributed by atoms with Crippen LogP contribution in [0.4, 0.5) is 0 Å². The number of carbonyl (C=O) groups is 1. The summed E-state index contributed by atoms with van der Waals surface area (Å²) in [6, 6.07) is 32.6. The molecule has 3 aromatic carbocycles. The molecule has 5 N–H and O–H groups in total. The van der Waals surface area contributed by atoms with Gasteiger partial charge in [0.15, 0.2) is 0 Å². The molecule has 0 radical (unpaired) electrons. The molecule has 0 spiro atoms. The molecular formula is C30H39N3OS. The van der Waals surface area contributed by atoms with Crippen LogP contribution >= 0.6 is 11.8 Å². The first-order chi connectivity index (χ1) is 16.9. The zero-order valence-corrected chi connectivity index (χ0v) is 21.8. The molecule has 0 fully saturated rings. The normalized spacial score (nSPS) is 12.9. The monoisotopic (exact) mass is 489 g/mol. The number of nitrogens with two attached hydrogens (primary N) is 2. The van der Waals surface area contributed by atoms with Crippen molar-refractivity contribution in [2.75, 3.05) is 13.1 Å². The molecular weight excluding hydrogens is 450 g/mol. The summed E-state index contributed by atoms with van der Waals surface area (Å²) in [5.74, 6) is -0.243. The molecule has 0 heterocycles. The summed E-state index contributed by atoms with van der Waals surface area (Å²) in [5.41, 5.74) is 15.0. The Morgan fingerprint density at radius 1 is 0.857 bits per heavy atom. The third-order valence-corrected chi connectivity index (χ3v) is 7.99. The van der Waals surface area contributed by atoms with Gasteiger partial charge in [-0.2, -0.15) is 0 Å². The predicted octanol–water partition coefficient (Wildman–Crippen LogP) is 5.45. The van der Waals surface area contributed by atoms with Gasteiger partial charge in [0.25, 0.3) is 0 Å². The van der Waals surface area contributed by atoms with Crippen molar-refractivity contribution in [3.8, 4) is 0 Å². The Labute approximate surface area is 214 Å². The van der Waals surface area contributed by atoms with Crippen LogP contribution in [0, 0.1) is 0 Å². The van der Waals surface area contributed by atoms with Crippen molar-refractivity contribution in [2.24, 2.45) is 11.5 Å². The fraction of sp³-hybridized carbons (Fsp3) is 0.367. The molecule has 0 aliphatic carbocycles. The molecule has 1 amide bonds. The number of hydrogen-bond donors (Lipinski definition) is 3. The Morgan fingerprint density at radius 2 is 1.31 bits per heavy atom. The number of thioether (sulfide) groups is 1. The number of benzene rings is 3. The summed E-state index contributed by atoms with van der Waals surface area (Å²) in [5, 5.41) is 3.61. The van der Waals surface area contributed by atoms with Gasteiger partial charge in [0.1, 0.15) is 0 Å². The number of primary amides is 1. The van der Waals surface area contributed by atoms with E-state index in [1.54, 1.807) is 0 Å². The van der Waals surface area contributed by atoms with Gasteiger partial charge in [-0.1, -0.05) is 105 Å². The molecule has 0 aromatic heterocycles. The Bertz CT molecular complexity index is 929. The van der Waals surface area contributed by atoms with Crippen molar-refractivity contribution in [3.63, 3.8) is 0 Å². The SMILES string of the molecule is CC(C)(CC(CCCC(N)=O)NCCN)SC(c1ccccc1)(c1ccccc1)c1ccccc1. The first-order valence-corrected chi connectivity index (χ1v) is 13.3. The van der Waals surface area contributed by atoms with Gasteiger partial charge in [0.2, 0.25) is 5.91 Å². The van der Waals surface area contributed by atoms with E-state index >= 15 is 0 Å². The molecule has 0 saturated carbocycles. The molecule has 1 atom stereocenters. The van der Waals surface area contributed by atoms with E-state index in [-0.39, 0.29) is 21.4 Å². The third-order valence-electron chi connectivity index (χ3n) is 6.26. The first-order valence-electron chi connectivity index (χ1n) is 12.5. The van der Waals surface area contributed by atoms with Crippen LogP contribution in [0.5, 0.6) is 0 Å². The van der Waals surface area contributed by atoms with E-state index in [1.807, 2.05) is 11.8 Å². The van der Waals surface area contributed by atoms with Gasteiger partial charge in [-0.3, -0.25) is 4.79 Å². The zero-order valence-electron chi connectivity index (χ0n) is 21.0. The molecule has 35 heavy (non-hydrogen) atoms. The first kappa shape index (κ1) is 27.0. The summed E-state index contributed by atoms with van der Waals surface area (Å²) in [7, 11) is 0. The number of rotatable bonds is 14. The molecule has 0 aliphatic rings. The summed E-state index contributed by atoms with van der Waals surface area (Å²) in [6.45, 7) is 5.99. The topological polar surface area (TPSA) is 81.1 Å². The average Bonchev–Trinajstić information content (AvgIpc) is 2.87. The lowest BCUT2D eigenvalue weighted by molar-refractivity contribution is -0.118. The molecule has 0 bridgehead atoms. The van der Waals surface area contributed by atoms with Crippen molar-refractivity contribution in [1.29, 1.82) is 0 Å². The van der Waals surface area contributed by atoms with Gasteiger partial charge in [0.05, 0.1) is 4.75 Å². The number of hydrogen-bond acceptors (Lipinski definition) is 4. The van der Waals surface area contributed by atoms with Gasteiger partial charge in [-0.25, -0.2) is 0 Å². The van der Waals surface area contributed by atoms with E-state index in [0.29, 0.717) is 13.0 Å². The van der Waals surface area contributed by atoms with Crippen LogP contribution in [-0.2, 0) is 9.54 Å². The maximum Gasteiger partial charge on any atom is 0.217 e. The van der Waals surface area contributed by atoms with Crippen molar-refractivity contribution in [3.05, 3.63) is 108 Å². The van der Waals surface area contributed by atoms with Crippen LogP contribution in [0.3, 0.4) is 0 Å². The van der Waals surface area contributed by atoms with Crippen LogP contribution in [0.15, 0.2) is 91.0 Å². The fourth-order valence-corrected chi connectivity index (χ4v) is 6.71. The van der Waals surface area contributed by atoms with Crippen molar-refractivity contribution >= 4 is 17.7 Å². The molecule has 3 aromatic rings. The highest BCUT2D eigenvalue weighted by atomic mass is 32.2. The van der Waals surface area contributed by atoms with Crippen molar-refractivity contribution in [1.82, 2.24) is 5.32 Å². The third kappa shape index (κ3) is 7.44. The van der Waals surface area contributed by atoms with Gasteiger partial charge >= 0.3 is 0 Å². The summed E-state index contributed by atoms with van der Waals surface area (Å²) >= 11 is 1.99. The minimum Gasteiger partial charge on any atom is -0.370 e. The standard InChI is InChI=1S/C30H39N3OS/c1-29(2,23-27(33-22-21-31)19-12-20-28(32)34)35-30(24-13-6-3-7-14-24,25-15-8-4-9-16-25)26-17-10-5-11-18-26/h3-11,13-18,27,33H,12,19-23,31H2,1-2H3,(H2,32,34). The molecule has 1 unspecified atom stereocenters. The number of nitrogens with one attached hydrogen (secondary N) is 1. The van der Waals surface area contributed by atoms with E-state index in [9.17, 15) is 4.79 Å². The van der Waals surface area contributed by atoms with Crippen LogP contribution < -0.4 is 16.8 Å². The predicted molar refractivity (Wildman–Crippen MR) is 149 cm³/mol. The molecule has 0 aliphatic heterocycles. The minimum atomic E-state index is -0.376. The van der Waals surface area contributed by atoms with E-state index in [4.69, 9.17) is 11.5 Å². The van der Waals surface area contributed by atoms with Crippen molar-refractivity contribution in [2.45, 2.75) is 55.1 Å². The lowest BCUT2D eigenvalue weighted by Gasteiger charge is -2.42. The van der Waals surface area contributed by atoms with Crippen LogP contribution in [0.2, 0.25) is 0 Å². The fourth-order valence-electron chi connectivity index (χ4n) is 4.83. The highest BCUT2D eigenvalue weighted by molar-refractivity contribution is 8.01. The zero-order chi connectivity index (χ0) is 25.2. The van der Waals surface area contributed by atoms with Crippen molar-refractivity contribution < 1.29 is 4.79 Å². The molecule has 3 rings (SSSR count). The highest BCUT2D eigenvalue weighted by Gasteiger charge is 2.42. The van der Waals surface area contributed by atoms with Crippen LogP contribution in [0.25, 0.3) is 0 Å². The van der Waals surface area contributed by atoms with E-state index in [0.717, 1.165) is 25.8 Å². The Hall–Kier alpha value is -2.60. The van der Waals surface area contributed by atoms with E-state index in [1.165, 1.54) is 16.7 Å². The highest BCUT2D eigenvalue weighted by Crippen LogP contribution is 2.54. The summed E-state index contributed by atoms with van der Waals surface area (Å²) < 4.78 is -0.473. The number of carbonyl (C=O) groups excluding carboxylic acids is 1. The van der Waals surface area contributed by atoms with Crippen LogP contribution in [0.1, 0.15) is 56.2 Å². The molecule has 5 heteroatoms. The second-order valence-electron chi connectivity index (χ2n) is 9.64. The number of amides is 1. The molecule has 4 nitrogen and oxygen atoms in total. The lowest BCUT2D eigenvalue weighted by Crippen LogP contribution is -2.40. The smallest absolute Gasteiger partial charge is 0.217 e. The van der Waals surface area contributed by atoms with Gasteiger partial charge < -0.3 is 16.8 Å². The summed E-state index contributed by atoms with van der Waals surface area (Å²) in [6.07, 6.45) is 3.02. The molecule has 0 saturated heterocycles.